The number of carboxylic acid groups (broad SMARTS) is 1. The molecule has 1 aliphatic heterocycles. The molecule has 0 saturated carbocycles. The molecule has 122 valence electrons. The lowest BCUT2D eigenvalue weighted by Crippen LogP contribution is -2.47. The standard InChI is InChI=1S/C14H19NO5S2/c1-2-22(19,20)8-6-15-12(16)4-3-11(14(17)18)13(15)10-5-7-21-9-10/h5,7,9,11,13H,2-4,6,8H2,1H3,(H,17,18)/t11-,13-/m1/s1. The number of carbonyl (C=O) groups is 2. The molecule has 0 unspecified atom stereocenters. The van der Waals surface area contributed by atoms with Crippen molar-refractivity contribution in [1.29, 1.82) is 0 Å². The molecule has 6 nitrogen and oxygen atoms in total. The average Bonchev–Trinajstić information content (AvgIpc) is 2.99. The van der Waals surface area contributed by atoms with E-state index in [0.717, 1.165) is 5.56 Å². The third-order valence-electron chi connectivity index (χ3n) is 3.99. The van der Waals surface area contributed by atoms with Gasteiger partial charge in [-0.1, -0.05) is 6.92 Å². The topological polar surface area (TPSA) is 91.8 Å². The van der Waals surface area contributed by atoms with E-state index in [1.165, 1.54) is 16.2 Å². The molecule has 0 aromatic carbocycles. The molecule has 0 bridgehead atoms. The molecule has 2 atom stereocenters. The molecule has 0 aliphatic carbocycles. The Morgan fingerprint density at radius 2 is 2.23 bits per heavy atom. The van der Waals surface area contributed by atoms with Crippen molar-refractivity contribution in [3.8, 4) is 0 Å². The van der Waals surface area contributed by atoms with Crippen LogP contribution in [0.4, 0.5) is 0 Å². The summed E-state index contributed by atoms with van der Waals surface area (Å²) in [4.78, 5) is 25.2. The van der Waals surface area contributed by atoms with Gasteiger partial charge < -0.3 is 10.0 Å². The van der Waals surface area contributed by atoms with E-state index in [1.807, 2.05) is 10.8 Å². The number of rotatable bonds is 6. The van der Waals surface area contributed by atoms with E-state index in [0.29, 0.717) is 0 Å². The number of sulfone groups is 1. The Morgan fingerprint density at radius 1 is 1.50 bits per heavy atom. The third kappa shape index (κ3) is 3.67. The maximum absolute atomic E-state index is 12.2. The lowest BCUT2D eigenvalue weighted by Gasteiger charge is -2.39. The quantitative estimate of drug-likeness (QED) is 0.844. The van der Waals surface area contributed by atoms with Crippen LogP contribution in [0.3, 0.4) is 0 Å². The first-order chi connectivity index (χ1) is 10.4. The molecular formula is C14H19NO5S2. The molecule has 1 aromatic rings. The average molecular weight is 345 g/mol. The molecule has 1 aromatic heterocycles. The Balaban J connectivity index is 2.29. The van der Waals surface area contributed by atoms with Crippen molar-refractivity contribution in [3.63, 3.8) is 0 Å². The Kier molecular flexibility index (Phi) is 5.23. The number of likely N-dealkylation sites (tertiary alicyclic amines) is 1. The lowest BCUT2D eigenvalue weighted by atomic mass is 9.85. The fraction of sp³-hybridized carbons (Fsp3) is 0.571. The number of carboxylic acids is 1. The van der Waals surface area contributed by atoms with Crippen LogP contribution in [0.15, 0.2) is 16.8 Å². The Labute approximate surface area is 133 Å². The summed E-state index contributed by atoms with van der Waals surface area (Å²) in [5.41, 5.74) is 0.763. The van der Waals surface area contributed by atoms with E-state index >= 15 is 0 Å². The second-order valence-electron chi connectivity index (χ2n) is 5.31. The van der Waals surface area contributed by atoms with Crippen LogP contribution in [0.1, 0.15) is 31.4 Å². The molecule has 1 amide bonds. The third-order valence-corrected chi connectivity index (χ3v) is 6.38. The summed E-state index contributed by atoms with van der Waals surface area (Å²) in [5, 5.41) is 13.1. The second-order valence-corrected chi connectivity index (χ2v) is 8.56. The molecular weight excluding hydrogens is 326 g/mol. The van der Waals surface area contributed by atoms with Crippen molar-refractivity contribution in [3.05, 3.63) is 22.4 Å². The van der Waals surface area contributed by atoms with Crippen LogP contribution in [0.2, 0.25) is 0 Å². The fourth-order valence-corrected chi connectivity index (χ4v) is 4.17. The van der Waals surface area contributed by atoms with Crippen molar-refractivity contribution < 1.29 is 23.1 Å². The Bertz CT molecular complexity index is 638. The van der Waals surface area contributed by atoms with Gasteiger partial charge in [-0.25, -0.2) is 8.42 Å². The Hall–Kier alpha value is -1.41. The van der Waals surface area contributed by atoms with Gasteiger partial charge in [0.2, 0.25) is 5.91 Å². The number of nitrogens with zero attached hydrogens (tertiary/aromatic N) is 1. The van der Waals surface area contributed by atoms with E-state index < -0.39 is 27.8 Å². The zero-order valence-corrected chi connectivity index (χ0v) is 13.9. The molecule has 1 N–H and O–H groups in total. The highest BCUT2D eigenvalue weighted by molar-refractivity contribution is 7.91. The molecule has 1 fully saturated rings. The van der Waals surface area contributed by atoms with Crippen molar-refractivity contribution >= 4 is 33.1 Å². The summed E-state index contributed by atoms with van der Waals surface area (Å²) in [6.07, 6.45) is 0.426. The molecule has 8 heteroatoms. The molecule has 22 heavy (non-hydrogen) atoms. The minimum absolute atomic E-state index is 0.0144. The van der Waals surface area contributed by atoms with Crippen LogP contribution in [0.25, 0.3) is 0 Å². The SMILES string of the molecule is CCS(=O)(=O)CCN1C(=O)CC[C@@H](C(=O)O)[C@H]1c1ccsc1. The highest BCUT2D eigenvalue weighted by atomic mass is 32.2. The van der Waals surface area contributed by atoms with Gasteiger partial charge in [0.1, 0.15) is 0 Å². The number of thiophene rings is 1. The monoisotopic (exact) mass is 345 g/mol. The van der Waals surface area contributed by atoms with Crippen LogP contribution in [-0.4, -0.2) is 48.4 Å². The van der Waals surface area contributed by atoms with Crippen molar-refractivity contribution in [2.45, 2.75) is 25.8 Å². The summed E-state index contributed by atoms with van der Waals surface area (Å²) in [6.45, 7) is 1.60. The van der Waals surface area contributed by atoms with E-state index in [2.05, 4.69) is 0 Å². The van der Waals surface area contributed by atoms with E-state index in [-0.39, 0.29) is 36.8 Å². The first-order valence-corrected chi connectivity index (χ1v) is 9.87. The summed E-state index contributed by atoms with van der Waals surface area (Å²) in [5.74, 6) is -1.95. The minimum Gasteiger partial charge on any atom is -0.481 e. The molecule has 2 heterocycles. The van der Waals surface area contributed by atoms with Gasteiger partial charge in [-0.2, -0.15) is 11.3 Å². The summed E-state index contributed by atoms with van der Waals surface area (Å²) in [6, 6.07) is 1.21. The Morgan fingerprint density at radius 3 is 2.77 bits per heavy atom. The van der Waals surface area contributed by atoms with Gasteiger partial charge in [0.15, 0.2) is 9.84 Å². The maximum atomic E-state index is 12.2. The van der Waals surface area contributed by atoms with Crippen LogP contribution in [0.5, 0.6) is 0 Å². The normalized spacial score (nSPS) is 22.8. The predicted octanol–water partition coefficient (Wildman–Crippen LogP) is 1.55. The zero-order valence-electron chi connectivity index (χ0n) is 12.3. The number of hydrogen-bond donors (Lipinski definition) is 1. The van der Waals surface area contributed by atoms with E-state index in [1.54, 1.807) is 13.0 Å². The second kappa shape index (κ2) is 6.78. The minimum atomic E-state index is -3.21. The van der Waals surface area contributed by atoms with Gasteiger partial charge in [0.25, 0.3) is 0 Å². The largest absolute Gasteiger partial charge is 0.481 e. The molecule has 1 saturated heterocycles. The molecule has 2 rings (SSSR count). The van der Waals surface area contributed by atoms with Gasteiger partial charge in [-0.15, -0.1) is 0 Å². The highest BCUT2D eigenvalue weighted by Gasteiger charge is 2.41. The summed E-state index contributed by atoms with van der Waals surface area (Å²) >= 11 is 1.43. The van der Waals surface area contributed by atoms with Crippen molar-refractivity contribution in [2.75, 3.05) is 18.1 Å². The maximum Gasteiger partial charge on any atom is 0.308 e. The number of piperidine rings is 1. The van der Waals surface area contributed by atoms with Gasteiger partial charge in [0.05, 0.1) is 17.7 Å². The first-order valence-electron chi connectivity index (χ1n) is 7.10. The van der Waals surface area contributed by atoms with E-state index in [9.17, 15) is 23.1 Å². The van der Waals surface area contributed by atoms with Crippen LogP contribution < -0.4 is 0 Å². The number of carbonyl (C=O) groups excluding carboxylic acids is 1. The van der Waals surface area contributed by atoms with Gasteiger partial charge in [-0.05, 0) is 28.8 Å². The van der Waals surface area contributed by atoms with Crippen LogP contribution in [0, 0.1) is 5.92 Å². The molecule has 0 spiro atoms. The highest BCUT2D eigenvalue weighted by Crippen LogP contribution is 2.37. The number of hydrogen-bond acceptors (Lipinski definition) is 5. The van der Waals surface area contributed by atoms with Gasteiger partial charge >= 0.3 is 5.97 Å². The van der Waals surface area contributed by atoms with Crippen LogP contribution >= 0.6 is 11.3 Å². The zero-order chi connectivity index (χ0) is 16.3. The first kappa shape index (κ1) is 17.0. The van der Waals surface area contributed by atoms with Gasteiger partial charge in [-0.3, -0.25) is 9.59 Å². The van der Waals surface area contributed by atoms with Crippen molar-refractivity contribution in [1.82, 2.24) is 4.90 Å². The molecule has 0 radical (unpaired) electrons. The predicted molar refractivity (Wildman–Crippen MR) is 83.5 cm³/mol. The van der Waals surface area contributed by atoms with E-state index in [4.69, 9.17) is 0 Å². The number of amides is 1. The number of aliphatic carboxylic acids is 1. The lowest BCUT2D eigenvalue weighted by molar-refractivity contribution is -0.151. The van der Waals surface area contributed by atoms with Crippen molar-refractivity contribution in [2.24, 2.45) is 5.92 Å². The molecule has 1 aliphatic rings. The summed E-state index contributed by atoms with van der Waals surface area (Å²) in [7, 11) is -3.21. The smallest absolute Gasteiger partial charge is 0.308 e. The fourth-order valence-electron chi connectivity index (χ4n) is 2.71. The summed E-state index contributed by atoms with van der Waals surface area (Å²) < 4.78 is 23.4. The van der Waals surface area contributed by atoms with Crippen LogP contribution in [-0.2, 0) is 19.4 Å². The van der Waals surface area contributed by atoms with Gasteiger partial charge in [0, 0.05) is 18.7 Å².